The van der Waals surface area contributed by atoms with Crippen LogP contribution in [0.2, 0.25) is 0 Å². The average Bonchev–Trinajstić information content (AvgIpc) is 3.03. The Morgan fingerprint density at radius 2 is 2.04 bits per heavy atom. The Labute approximate surface area is 154 Å². The van der Waals surface area contributed by atoms with E-state index in [1.54, 1.807) is 18.6 Å². The lowest BCUT2D eigenvalue weighted by Gasteiger charge is -2.28. The number of carbonyl (C=O) groups is 1. The van der Waals surface area contributed by atoms with E-state index in [1.807, 2.05) is 49.9 Å². The van der Waals surface area contributed by atoms with Crippen LogP contribution in [0, 0.1) is 6.92 Å². The first kappa shape index (κ1) is 18.3. The molecule has 1 aromatic carbocycles. The molecule has 1 aliphatic heterocycles. The van der Waals surface area contributed by atoms with E-state index in [2.05, 4.69) is 15.3 Å². The van der Waals surface area contributed by atoms with Crippen LogP contribution in [0.25, 0.3) is 0 Å². The predicted octanol–water partition coefficient (Wildman–Crippen LogP) is 1.82. The van der Waals surface area contributed by atoms with Crippen molar-refractivity contribution in [1.29, 1.82) is 0 Å². The minimum Gasteiger partial charge on any atom is -0.386 e. The van der Waals surface area contributed by atoms with E-state index in [-0.39, 0.29) is 12.5 Å². The van der Waals surface area contributed by atoms with Crippen LogP contribution in [-0.2, 0) is 10.2 Å². The van der Waals surface area contributed by atoms with Crippen molar-refractivity contribution in [3.63, 3.8) is 0 Å². The molecule has 6 heteroatoms. The molecule has 2 heterocycles. The van der Waals surface area contributed by atoms with Crippen molar-refractivity contribution in [3.8, 4) is 0 Å². The van der Waals surface area contributed by atoms with Gasteiger partial charge in [0.15, 0.2) is 0 Å². The number of hydrogen-bond acceptors (Lipinski definition) is 5. The van der Waals surface area contributed by atoms with E-state index < -0.39 is 11.0 Å². The van der Waals surface area contributed by atoms with Gasteiger partial charge in [0.2, 0.25) is 5.91 Å². The fourth-order valence-corrected chi connectivity index (χ4v) is 3.22. The Kier molecular flexibility index (Phi) is 4.96. The van der Waals surface area contributed by atoms with Gasteiger partial charge in [0, 0.05) is 32.0 Å². The lowest BCUT2D eigenvalue weighted by atomic mass is 9.83. The highest BCUT2D eigenvalue weighted by atomic mass is 16.3. The third-order valence-electron chi connectivity index (χ3n) is 5.12. The zero-order valence-electron chi connectivity index (χ0n) is 15.6. The van der Waals surface area contributed by atoms with Gasteiger partial charge in [-0.3, -0.25) is 9.78 Å². The number of aromatic nitrogens is 2. The summed E-state index contributed by atoms with van der Waals surface area (Å²) in [6.45, 7) is 7.16. The molecule has 26 heavy (non-hydrogen) atoms. The van der Waals surface area contributed by atoms with Gasteiger partial charge in [-0.25, -0.2) is 4.98 Å². The summed E-state index contributed by atoms with van der Waals surface area (Å²) in [6.07, 6.45) is 5.53. The Morgan fingerprint density at radius 3 is 2.69 bits per heavy atom. The van der Waals surface area contributed by atoms with Crippen LogP contribution in [0.15, 0.2) is 42.9 Å². The number of aryl methyl sites for hydroxylation is 1. The highest BCUT2D eigenvalue weighted by Gasteiger charge is 2.38. The number of nitrogens with zero attached hydrogens (tertiary/aromatic N) is 3. The first-order valence-corrected chi connectivity index (χ1v) is 8.89. The lowest BCUT2D eigenvalue weighted by Crippen LogP contribution is -2.49. The minimum atomic E-state index is -0.962. The van der Waals surface area contributed by atoms with Gasteiger partial charge in [-0.1, -0.05) is 29.8 Å². The van der Waals surface area contributed by atoms with Crippen LogP contribution < -0.4 is 10.2 Å². The standard InChI is InChI=1S/C20H26N4O2/c1-15-4-6-16(7-5-15)19(2,3)18(25)23-13-20(26)8-11-24(14-20)17-12-21-9-10-22-17/h4-7,9-10,12,26H,8,11,13-14H2,1-3H3,(H,23,25). The smallest absolute Gasteiger partial charge is 0.230 e. The van der Waals surface area contributed by atoms with Crippen molar-refractivity contribution in [3.05, 3.63) is 54.0 Å². The number of β-amino-alcohol motifs (C(OH)–C–C–N with tert-alkyl or cyclic N) is 1. The predicted molar refractivity (Wildman–Crippen MR) is 101 cm³/mol. The summed E-state index contributed by atoms with van der Waals surface area (Å²) >= 11 is 0. The minimum absolute atomic E-state index is 0.0901. The van der Waals surface area contributed by atoms with Crippen LogP contribution in [0.4, 0.5) is 5.82 Å². The zero-order chi connectivity index (χ0) is 18.8. The topological polar surface area (TPSA) is 78.4 Å². The molecule has 1 amide bonds. The van der Waals surface area contributed by atoms with Gasteiger partial charge in [-0.15, -0.1) is 0 Å². The van der Waals surface area contributed by atoms with Gasteiger partial charge >= 0.3 is 0 Å². The SMILES string of the molecule is Cc1ccc(C(C)(C)C(=O)NCC2(O)CCN(c3cnccn3)C2)cc1. The second-order valence-corrected chi connectivity index (χ2v) is 7.63. The van der Waals surface area contributed by atoms with Gasteiger partial charge < -0.3 is 15.3 Å². The van der Waals surface area contributed by atoms with E-state index in [9.17, 15) is 9.90 Å². The Hall–Kier alpha value is -2.47. The first-order chi connectivity index (χ1) is 12.3. The van der Waals surface area contributed by atoms with E-state index in [1.165, 1.54) is 0 Å². The van der Waals surface area contributed by atoms with Gasteiger partial charge in [0.05, 0.1) is 11.6 Å². The molecular weight excluding hydrogens is 328 g/mol. The Balaban J connectivity index is 1.61. The van der Waals surface area contributed by atoms with Crippen LogP contribution >= 0.6 is 0 Å². The van der Waals surface area contributed by atoms with E-state index in [0.29, 0.717) is 19.5 Å². The fraction of sp³-hybridized carbons (Fsp3) is 0.450. The summed E-state index contributed by atoms with van der Waals surface area (Å²) in [4.78, 5) is 23.1. The molecule has 2 N–H and O–H groups in total. The molecular formula is C20H26N4O2. The summed E-state index contributed by atoms with van der Waals surface area (Å²) in [5.41, 5.74) is 0.499. The molecule has 1 aliphatic rings. The van der Waals surface area contributed by atoms with Crippen LogP contribution in [0.1, 0.15) is 31.4 Å². The van der Waals surface area contributed by atoms with Crippen LogP contribution in [0.3, 0.4) is 0 Å². The van der Waals surface area contributed by atoms with Crippen molar-refractivity contribution in [2.75, 3.05) is 24.5 Å². The molecule has 6 nitrogen and oxygen atoms in total. The second kappa shape index (κ2) is 7.03. The molecule has 138 valence electrons. The van der Waals surface area contributed by atoms with Crippen molar-refractivity contribution in [1.82, 2.24) is 15.3 Å². The molecule has 1 saturated heterocycles. The molecule has 1 fully saturated rings. The maximum absolute atomic E-state index is 12.7. The second-order valence-electron chi connectivity index (χ2n) is 7.63. The van der Waals surface area contributed by atoms with Crippen molar-refractivity contribution in [2.45, 2.75) is 38.2 Å². The summed E-state index contributed by atoms with van der Waals surface area (Å²) < 4.78 is 0. The normalized spacial score (nSPS) is 20.2. The zero-order valence-corrected chi connectivity index (χ0v) is 15.6. The molecule has 0 bridgehead atoms. The molecule has 2 aromatic rings. The monoisotopic (exact) mass is 354 g/mol. The quantitative estimate of drug-likeness (QED) is 0.856. The number of amides is 1. The molecule has 0 radical (unpaired) electrons. The Bertz CT molecular complexity index is 761. The summed E-state index contributed by atoms with van der Waals surface area (Å²) in [5.74, 6) is 0.655. The molecule has 1 atom stereocenters. The maximum Gasteiger partial charge on any atom is 0.230 e. The van der Waals surface area contributed by atoms with E-state index >= 15 is 0 Å². The van der Waals surface area contributed by atoms with Crippen molar-refractivity contribution >= 4 is 11.7 Å². The van der Waals surface area contributed by atoms with Gasteiger partial charge in [-0.2, -0.15) is 0 Å². The number of aliphatic hydroxyl groups is 1. The summed E-state index contributed by atoms with van der Waals surface area (Å²) in [5, 5.41) is 13.8. The molecule has 0 aliphatic carbocycles. The van der Waals surface area contributed by atoms with Gasteiger partial charge in [0.1, 0.15) is 11.4 Å². The number of rotatable bonds is 5. The number of nitrogens with one attached hydrogen (secondary N) is 1. The summed E-state index contributed by atoms with van der Waals surface area (Å²) in [6, 6.07) is 7.98. The third-order valence-corrected chi connectivity index (χ3v) is 5.12. The Morgan fingerprint density at radius 1 is 1.31 bits per heavy atom. The maximum atomic E-state index is 12.7. The van der Waals surface area contributed by atoms with E-state index in [0.717, 1.165) is 16.9 Å². The van der Waals surface area contributed by atoms with Crippen molar-refractivity contribution in [2.24, 2.45) is 0 Å². The third kappa shape index (κ3) is 3.85. The van der Waals surface area contributed by atoms with Gasteiger partial charge in [0.25, 0.3) is 0 Å². The molecule has 1 aromatic heterocycles. The molecule has 3 rings (SSSR count). The summed E-state index contributed by atoms with van der Waals surface area (Å²) in [7, 11) is 0. The average molecular weight is 354 g/mol. The van der Waals surface area contributed by atoms with E-state index in [4.69, 9.17) is 0 Å². The molecule has 0 spiro atoms. The lowest BCUT2D eigenvalue weighted by molar-refractivity contribution is -0.126. The number of hydrogen-bond donors (Lipinski definition) is 2. The molecule has 1 unspecified atom stereocenters. The first-order valence-electron chi connectivity index (χ1n) is 8.89. The largest absolute Gasteiger partial charge is 0.386 e. The highest BCUT2D eigenvalue weighted by Crippen LogP contribution is 2.26. The van der Waals surface area contributed by atoms with Crippen LogP contribution in [0.5, 0.6) is 0 Å². The number of benzene rings is 1. The number of carbonyl (C=O) groups excluding carboxylic acids is 1. The highest BCUT2D eigenvalue weighted by molar-refractivity contribution is 5.87. The van der Waals surface area contributed by atoms with Gasteiger partial charge in [-0.05, 0) is 32.8 Å². The molecule has 0 saturated carbocycles. The van der Waals surface area contributed by atoms with Crippen LogP contribution in [-0.4, -0.2) is 46.2 Å². The number of anilines is 1. The van der Waals surface area contributed by atoms with Crippen molar-refractivity contribution < 1.29 is 9.90 Å². The fourth-order valence-electron chi connectivity index (χ4n) is 3.22.